The van der Waals surface area contributed by atoms with Gasteiger partial charge in [-0.1, -0.05) is 19.9 Å². The molecule has 2 amide bonds. The van der Waals surface area contributed by atoms with Crippen molar-refractivity contribution >= 4 is 40.0 Å². The Morgan fingerprint density at radius 1 is 1.21 bits per heavy atom. The van der Waals surface area contributed by atoms with E-state index in [1.54, 1.807) is 35.4 Å². The lowest BCUT2D eigenvalue weighted by Gasteiger charge is -2.26. The van der Waals surface area contributed by atoms with Gasteiger partial charge in [-0.25, -0.2) is 9.78 Å². The number of nitrogen functional groups attached to an aromatic ring is 1. The lowest BCUT2D eigenvalue weighted by atomic mass is 10.0. The lowest BCUT2D eigenvalue weighted by molar-refractivity contribution is -0.123. The number of aromatic nitrogens is 1. The summed E-state index contributed by atoms with van der Waals surface area (Å²) in [5, 5.41) is 4.66. The summed E-state index contributed by atoms with van der Waals surface area (Å²) in [5.41, 5.74) is 7.35. The summed E-state index contributed by atoms with van der Waals surface area (Å²) in [4.78, 5) is 30.7. The van der Waals surface area contributed by atoms with Crippen LogP contribution in [0.2, 0.25) is 0 Å². The maximum Gasteiger partial charge on any atom is 0.414 e. The van der Waals surface area contributed by atoms with Crippen molar-refractivity contribution in [3.8, 4) is 5.75 Å². The zero-order valence-electron chi connectivity index (χ0n) is 18.8. The molecule has 2 heterocycles. The number of amides is 2. The van der Waals surface area contributed by atoms with E-state index in [1.165, 1.54) is 0 Å². The minimum Gasteiger partial charge on any atom is -0.481 e. The minimum absolute atomic E-state index is 0.243. The molecule has 172 valence electrons. The van der Waals surface area contributed by atoms with Crippen LogP contribution in [0.5, 0.6) is 5.75 Å². The number of nitrogens with two attached hydrogens (primary N) is 1. The van der Waals surface area contributed by atoms with Crippen LogP contribution < -0.4 is 20.7 Å². The van der Waals surface area contributed by atoms with Crippen LogP contribution >= 0.6 is 0 Å². The van der Waals surface area contributed by atoms with Crippen molar-refractivity contribution in [3.63, 3.8) is 0 Å². The molecule has 0 saturated carbocycles. The third kappa shape index (κ3) is 5.34. The van der Waals surface area contributed by atoms with Gasteiger partial charge in [-0.2, -0.15) is 0 Å². The molecule has 4 rings (SSSR count). The number of hydrogen-bond donors (Lipinski definition) is 2. The number of anilines is 3. The highest BCUT2D eigenvalue weighted by atomic mass is 16.6. The Kier molecular flexibility index (Phi) is 6.63. The summed E-state index contributed by atoms with van der Waals surface area (Å²) in [5.74, 6) is 0.982. The van der Waals surface area contributed by atoms with Gasteiger partial charge in [-0.05, 0) is 66.6 Å². The van der Waals surface area contributed by atoms with E-state index in [2.05, 4.69) is 10.3 Å². The Morgan fingerprint density at radius 2 is 2.00 bits per heavy atom. The lowest BCUT2D eigenvalue weighted by Crippen LogP contribution is -2.37. The van der Waals surface area contributed by atoms with Gasteiger partial charge in [-0.3, -0.25) is 9.69 Å². The predicted octanol–water partition coefficient (Wildman–Crippen LogP) is 4.60. The summed E-state index contributed by atoms with van der Waals surface area (Å²) in [6.45, 7) is 5.14. The summed E-state index contributed by atoms with van der Waals surface area (Å²) >= 11 is 0. The van der Waals surface area contributed by atoms with Crippen molar-refractivity contribution in [3.05, 3.63) is 54.7 Å². The van der Waals surface area contributed by atoms with Gasteiger partial charge in [0.2, 0.25) is 0 Å². The summed E-state index contributed by atoms with van der Waals surface area (Å²) in [6.07, 6.45) is 1.96. The Bertz CT molecular complexity index is 1150. The van der Waals surface area contributed by atoms with Crippen molar-refractivity contribution < 1.29 is 19.1 Å². The van der Waals surface area contributed by atoms with Gasteiger partial charge in [-0.15, -0.1) is 0 Å². The molecule has 8 heteroatoms. The second kappa shape index (κ2) is 9.77. The van der Waals surface area contributed by atoms with Crippen LogP contribution in [0, 0.1) is 5.92 Å². The molecule has 0 bridgehead atoms. The number of benzene rings is 2. The SMILES string of the molecule is CC(C)CC(Oc1ccc2ccnc(N)c2c1)C(=O)Nc1ccc(N2CCCOC2=O)cc1. The van der Waals surface area contributed by atoms with E-state index in [0.717, 1.165) is 22.9 Å². The largest absolute Gasteiger partial charge is 0.481 e. The quantitative estimate of drug-likeness (QED) is 0.547. The number of nitrogens with one attached hydrogen (secondary N) is 1. The van der Waals surface area contributed by atoms with Gasteiger partial charge in [0.05, 0.1) is 6.61 Å². The van der Waals surface area contributed by atoms with Crippen LogP contribution in [-0.4, -0.2) is 36.2 Å². The molecule has 1 saturated heterocycles. The zero-order chi connectivity index (χ0) is 23.4. The van der Waals surface area contributed by atoms with E-state index >= 15 is 0 Å². The molecule has 1 aliphatic heterocycles. The number of carbonyl (C=O) groups excluding carboxylic acids is 2. The average Bonchev–Trinajstić information content (AvgIpc) is 2.80. The fourth-order valence-electron chi connectivity index (χ4n) is 3.78. The standard InChI is InChI=1S/C25H28N4O4/c1-16(2)14-22(33-20-9-4-17-10-11-27-23(26)21(17)15-20)24(30)28-18-5-7-19(8-6-18)29-12-3-13-32-25(29)31/h4-11,15-16,22H,3,12-14H2,1-2H3,(H2,26,27)(H,28,30). The van der Waals surface area contributed by atoms with E-state index in [0.29, 0.717) is 36.8 Å². The number of hydrogen-bond acceptors (Lipinski definition) is 6. The number of ether oxygens (including phenoxy) is 2. The molecule has 2 aromatic carbocycles. The van der Waals surface area contributed by atoms with E-state index in [9.17, 15) is 9.59 Å². The topological polar surface area (TPSA) is 107 Å². The Hall–Kier alpha value is -3.81. The van der Waals surface area contributed by atoms with E-state index in [4.69, 9.17) is 15.2 Å². The van der Waals surface area contributed by atoms with Gasteiger partial charge in [0, 0.05) is 29.5 Å². The molecular weight excluding hydrogens is 420 g/mol. The molecule has 1 atom stereocenters. The number of fused-ring (bicyclic) bond motifs is 1. The first-order chi connectivity index (χ1) is 15.9. The maximum absolute atomic E-state index is 13.1. The van der Waals surface area contributed by atoms with Crippen LogP contribution in [0.3, 0.4) is 0 Å². The highest BCUT2D eigenvalue weighted by Gasteiger charge is 2.24. The monoisotopic (exact) mass is 448 g/mol. The zero-order valence-corrected chi connectivity index (χ0v) is 18.8. The number of cyclic esters (lactones) is 1. The predicted molar refractivity (Wildman–Crippen MR) is 128 cm³/mol. The number of rotatable bonds is 7. The van der Waals surface area contributed by atoms with Crippen LogP contribution in [0.15, 0.2) is 54.7 Å². The fraction of sp³-hybridized carbons (Fsp3) is 0.320. The molecule has 0 spiro atoms. The van der Waals surface area contributed by atoms with Gasteiger partial charge in [0.25, 0.3) is 5.91 Å². The summed E-state index contributed by atoms with van der Waals surface area (Å²) < 4.78 is 11.2. The Morgan fingerprint density at radius 3 is 2.73 bits per heavy atom. The number of pyridine rings is 1. The first-order valence-corrected chi connectivity index (χ1v) is 11.1. The smallest absolute Gasteiger partial charge is 0.414 e. The van der Waals surface area contributed by atoms with Crippen molar-refractivity contribution in [2.75, 3.05) is 29.1 Å². The highest BCUT2D eigenvalue weighted by Crippen LogP contribution is 2.26. The molecular formula is C25H28N4O4. The average molecular weight is 449 g/mol. The molecule has 0 radical (unpaired) electrons. The normalized spacial score (nSPS) is 14.8. The second-order valence-electron chi connectivity index (χ2n) is 8.47. The van der Waals surface area contributed by atoms with Crippen LogP contribution in [0.25, 0.3) is 10.8 Å². The Balaban J connectivity index is 1.47. The van der Waals surface area contributed by atoms with Crippen LogP contribution in [0.4, 0.5) is 22.0 Å². The molecule has 3 N–H and O–H groups in total. The van der Waals surface area contributed by atoms with E-state index in [1.807, 2.05) is 38.1 Å². The van der Waals surface area contributed by atoms with Crippen molar-refractivity contribution in [2.45, 2.75) is 32.8 Å². The first kappa shape index (κ1) is 22.4. The molecule has 1 aromatic heterocycles. The first-order valence-electron chi connectivity index (χ1n) is 11.1. The molecule has 1 unspecified atom stereocenters. The molecule has 8 nitrogen and oxygen atoms in total. The number of nitrogens with zero attached hydrogens (tertiary/aromatic N) is 2. The second-order valence-corrected chi connectivity index (χ2v) is 8.47. The summed E-state index contributed by atoms with van der Waals surface area (Å²) in [7, 11) is 0. The van der Waals surface area contributed by atoms with Crippen molar-refractivity contribution in [2.24, 2.45) is 5.92 Å². The maximum atomic E-state index is 13.1. The summed E-state index contributed by atoms with van der Waals surface area (Å²) in [6, 6.07) is 14.5. The van der Waals surface area contributed by atoms with Crippen molar-refractivity contribution in [1.29, 1.82) is 0 Å². The Labute approximate surface area is 192 Å². The van der Waals surface area contributed by atoms with E-state index < -0.39 is 6.10 Å². The third-order valence-corrected chi connectivity index (χ3v) is 5.44. The molecule has 0 aliphatic carbocycles. The minimum atomic E-state index is -0.683. The molecule has 1 aliphatic rings. The van der Waals surface area contributed by atoms with Gasteiger partial charge < -0.3 is 20.5 Å². The third-order valence-electron chi connectivity index (χ3n) is 5.44. The fourth-order valence-corrected chi connectivity index (χ4v) is 3.78. The van der Waals surface area contributed by atoms with Gasteiger partial charge in [0.1, 0.15) is 11.6 Å². The van der Waals surface area contributed by atoms with Crippen molar-refractivity contribution in [1.82, 2.24) is 4.98 Å². The molecule has 33 heavy (non-hydrogen) atoms. The molecule has 3 aromatic rings. The van der Waals surface area contributed by atoms with Crippen LogP contribution in [0.1, 0.15) is 26.7 Å². The molecule has 1 fully saturated rings. The van der Waals surface area contributed by atoms with Gasteiger partial charge in [0.15, 0.2) is 6.10 Å². The number of carbonyl (C=O) groups is 2. The van der Waals surface area contributed by atoms with Crippen LogP contribution in [-0.2, 0) is 9.53 Å². The highest BCUT2D eigenvalue weighted by molar-refractivity contribution is 5.95. The van der Waals surface area contributed by atoms with E-state index in [-0.39, 0.29) is 17.9 Å². The van der Waals surface area contributed by atoms with Gasteiger partial charge >= 0.3 is 6.09 Å².